The van der Waals surface area contributed by atoms with Crippen LogP contribution in [0.15, 0.2) is 53.5 Å². The number of nitrogens with zero attached hydrogens (tertiary/aromatic N) is 2. The lowest BCUT2D eigenvalue weighted by atomic mass is 10.1. The van der Waals surface area contributed by atoms with Gasteiger partial charge in [-0.15, -0.1) is 0 Å². The molecule has 0 spiro atoms. The summed E-state index contributed by atoms with van der Waals surface area (Å²) in [4.78, 5) is 18.5. The van der Waals surface area contributed by atoms with Crippen molar-refractivity contribution >= 4 is 11.9 Å². The molecule has 0 saturated heterocycles. The number of benzene rings is 2. The van der Waals surface area contributed by atoms with E-state index < -0.39 is 0 Å². The van der Waals surface area contributed by atoms with Gasteiger partial charge in [-0.3, -0.25) is 14.7 Å². The number of guanidine groups is 1. The van der Waals surface area contributed by atoms with Gasteiger partial charge < -0.3 is 16.0 Å². The number of hydrogen-bond acceptors (Lipinski definition) is 3. The maximum Gasteiger partial charge on any atom is 0.251 e. The lowest BCUT2D eigenvalue weighted by Crippen LogP contribution is -2.37. The molecule has 3 N–H and O–H groups in total. The van der Waals surface area contributed by atoms with Gasteiger partial charge in [0.2, 0.25) is 0 Å². The first kappa shape index (κ1) is 23.4. The molecule has 6 nitrogen and oxygen atoms in total. The van der Waals surface area contributed by atoms with Crippen LogP contribution >= 0.6 is 0 Å². The summed E-state index contributed by atoms with van der Waals surface area (Å²) in [5, 5.41) is 9.39. The summed E-state index contributed by atoms with van der Waals surface area (Å²) in [6.45, 7) is 8.93. The van der Waals surface area contributed by atoms with E-state index in [1.165, 1.54) is 11.1 Å². The van der Waals surface area contributed by atoms with Gasteiger partial charge in [0.1, 0.15) is 0 Å². The van der Waals surface area contributed by atoms with Crippen LogP contribution in [0.4, 0.5) is 0 Å². The number of rotatable bonds is 10. The smallest absolute Gasteiger partial charge is 0.251 e. The molecule has 0 aliphatic rings. The fourth-order valence-electron chi connectivity index (χ4n) is 3.29. The van der Waals surface area contributed by atoms with Crippen LogP contribution in [-0.2, 0) is 19.5 Å². The molecule has 0 aliphatic heterocycles. The average Bonchev–Trinajstić information content (AvgIpc) is 2.79. The second-order valence-electron chi connectivity index (χ2n) is 7.16. The van der Waals surface area contributed by atoms with Crippen molar-refractivity contribution in [1.29, 1.82) is 0 Å². The first-order valence-corrected chi connectivity index (χ1v) is 10.6. The monoisotopic (exact) mass is 409 g/mol. The van der Waals surface area contributed by atoms with Gasteiger partial charge in [-0.2, -0.15) is 0 Å². The van der Waals surface area contributed by atoms with E-state index in [0.29, 0.717) is 5.56 Å². The lowest BCUT2D eigenvalue weighted by molar-refractivity contribution is 0.0963. The summed E-state index contributed by atoms with van der Waals surface area (Å²) in [7, 11) is 3.42. The third-order valence-electron chi connectivity index (χ3n) is 5.10. The number of aliphatic imine (C=N–C) groups is 1. The van der Waals surface area contributed by atoms with Crippen LogP contribution in [0.3, 0.4) is 0 Å². The molecule has 0 bridgehead atoms. The Kier molecular flexibility index (Phi) is 9.87. The van der Waals surface area contributed by atoms with Crippen LogP contribution < -0.4 is 16.0 Å². The SMILES string of the molecule is CCN(CC)Cc1cccc(CNC(=NC)NCCc2cccc(C(=O)NC)c2)c1. The molecule has 2 rings (SSSR count). The molecule has 2 aromatic rings. The third-order valence-corrected chi connectivity index (χ3v) is 5.10. The van der Waals surface area contributed by atoms with Crippen molar-refractivity contribution in [2.45, 2.75) is 33.4 Å². The second kappa shape index (κ2) is 12.6. The Morgan fingerprint density at radius 2 is 1.67 bits per heavy atom. The molecular weight excluding hydrogens is 374 g/mol. The summed E-state index contributed by atoms with van der Waals surface area (Å²) < 4.78 is 0. The Hall–Kier alpha value is -2.86. The van der Waals surface area contributed by atoms with Gasteiger partial charge in [0.25, 0.3) is 5.91 Å². The summed E-state index contributed by atoms with van der Waals surface area (Å²) in [5.41, 5.74) is 4.36. The molecule has 6 heteroatoms. The van der Waals surface area contributed by atoms with Gasteiger partial charge >= 0.3 is 0 Å². The average molecular weight is 410 g/mol. The van der Waals surface area contributed by atoms with Crippen molar-refractivity contribution in [3.05, 3.63) is 70.8 Å². The predicted octanol–water partition coefficient (Wildman–Crippen LogP) is 2.80. The maximum atomic E-state index is 11.8. The van der Waals surface area contributed by atoms with Gasteiger partial charge in [-0.05, 0) is 48.3 Å². The van der Waals surface area contributed by atoms with Crippen molar-refractivity contribution in [3.8, 4) is 0 Å². The Morgan fingerprint density at radius 3 is 2.37 bits per heavy atom. The highest BCUT2D eigenvalue weighted by Crippen LogP contribution is 2.09. The molecule has 0 aromatic heterocycles. The van der Waals surface area contributed by atoms with Gasteiger partial charge in [0, 0.05) is 39.3 Å². The fraction of sp³-hybridized carbons (Fsp3) is 0.417. The van der Waals surface area contributed by atoms with Gasteiger partial charge in [-0.25, -0.2) is 0 Å². The summed E-state index contributed by atoms with van der Waals surface area (Å²) in [6, 6.07) is 16.4. The minimum absolute atomic E-state index is 0.0643. The third kappa shape index (κ3) is 7.52. The number of hydrogen-bond donors (Lipinski definition) is 3. The van der Waals surface area contributed by atoms with E-state index in [-0.39, 0.29) is 5.91 Å². The van der Waals surface area contributed by atoms with E-state index in [1.807, 2.05) is 24.3 Å². The highest BCUT2D eigenvalue weighted by atomic mass is 16.1. The minimum atomic E-state index is -0.0643. The molecule has 162 valence electrons. The molecule has 0 radical (unpaired) electrons. The molecule has 0 fully saturated rings. The van der Waals surface area contributed by atoms with Crippen LogP contribution in [0.2, 0.25) is 0 Å². The van der Waals surface area contributed by atoms with E-state index in [1.54, 1.807) is 14.1 Å². The first-order chi connectivity index (χ1) is 14.6. The van der Waals surface area contributed by atoms with Crippen LogP contribution in [0.1, 0.15) is 40.9 Å². The zero-order valence-corrected chi connectivity index (χ0v) is 18.7. The Labute approximate surface area is 180 Å². The molecule has 0 saturated carbocycles. The quantitative estimate of drug-likeness (QED) is 0.417. The summed E-state index contributed by atoms with van der Waals surface area (Å²) in [5.74, 6) is 0.706. The summed E-state index contributed by atoms with van der Waals surface area (Å²) >= 11 is 0. The van der Waals surface area contributed by atoms with Gasteiger partial charge in [0.05, 0.1) is 0 Å². The number of nitrogens with one attached hydrogen (secondary N) is 3. The second-order valence-corrected chi connectivity index (χ2v) is 7.16. The Morgan fingerprint density at radius 1 is 0.967 bits per heavy atom. The van der Waals surface area contributed by atoms with Gasteiger partial charge in [0.15, 0.2) is 5.96 Å². The van der Waals surface area contributed by atoms with Crippen molar-refractivity contribution in [2.24, 2.45) is 4.99 Å². The van der Waals surface area contributed by atoms with Crippen LogP contribution in [0, 0.1) is 0 Å². The van der Waals surface area contributed by atoms with Crippen molar-refractivity contribution in [1.82, 2.24) is 20.9 Å². The molecule has 2 aromatic carbocycles. The van der Waals surface area contributed by atoms with E-state index >= 15 is 0 Å². The highest BCUT2D eigenvalue weighted by molar-refractivity contribution is 5.94. The highest BCUT2D eigenvalue weighted by Gasteiger charge is 2.05. The zero-order chi connectivity index (χ0) is 21.8. The standard InChI is InChI=1S/C24H35N5O/c1-5-29(6-2)18-21-11-7-10-20(15-21)17-28-24(26-4)27-14-13-19-9-8-12-22(16-19)23(30)25-3/h7-12,15-16H,5-6,13-14,17-18H2,1-4H3,(H,25,30)(H2,26,27,28). The molecule has 1 amide bonds. The number of amides is 1. The fourth-order valence-corrected chi connectivity index (χ4v) is 3.29. The van der Waals surface area contributed by atoms with Crippen molar-refractivity contribution < 1.29 is 4.79 Å². The van der Waals surface area contributed by atoms with Crippen LogP contribution in [0.25, 0.3) is 0 Å². The molecule has 0 unspecified atom stereocenters. The van der Waals surface area contributed by atoms with E-state index in [2.05, 4.69) is 64.0 Å². The summed E-state index contributed by atoms with van der Waals surface area (Å²) in [6.07, 6.45) is 0.810. The van der Waals surface area contributed by atoms with E-state index in [9.17, 15) is 4.79 Å². The predicted molar refractivity (Wildman–Crippen MR) is 125 cm³/mol. The largest absolute Gasteiger partial charge is 0.356 e. The van der Waals surface area contributed by atoms with E-state index in [0.717, 1.165) is 50.7 Å². The first-order valence-electron chi connectivity index (χ1n) is 10.6. The lowest BCUT2D eigenvalue weighted by Gasteiger charge is -2.18. The van der Waals surface area contributed by atoms with Crippen LogP contribution in [0.5, 0.6) is 0 Å². The van der Waals surface area contributed by atoms with Crippen molar-refractivity contribution in [2.75, 3.05) is 33.7 Å². The van der Waals surface area contributed by atoms with Crippen LogP contribution in [-0.4, -0.2) is 50.5 Å². The van der Waals surface area contributed by atoms with Gasteiger partial charge in [-0.1, -0.05) is 50.2 Å². The zero-order valence-electron chi connectivity index (χ0n) is 18.7. The molecule has 30 heavy (non-hydrogen) atoms. The minimum Gasteiger partial charge on any atom is -0.356 e. The van der Waals surface area contributed by atoms with E-state index in [4.69, 9.17) is 0 Å². The Balaban J connectivity index is 1.83. The number of carbonyl (C=O) groups is 1. The van der Waals surface area contributed by atoms with Crippen molar-refractivity contribution in [3.63, 3.8) is 0 Å². The Bertz CT molecular complexity index is 830. The molecule has 0 atom stereocenters. The maximum absolute atomic E-state index is 11.8. The molecular formula is C24H35N5O. The normalized spacial score (nSPS) is 11.4. The molecule has 0 heterocycles. The molecule has 0 aliphatic carbocycles. The number of carbonyl (C=O) groups excluding carboxylic acids is 1. The topological polar surface area (TPSA) is 68.8 Å².